The predicted octanol–water partition coefficient (Wildman–Crippen LogP) is 3.26. The van der Waals surface area contributed by atoms with E-state index in [0.717, 1.165) is 42.6 Å². The lowest BCUT2D eigenvalue weighted by Gasteiger charge is -2.36. The van der Waals surface area contributed by atoms with Crippen LogP contribution in [0.2, 0.25) is 0 Å². The van der Waals surface area contributed by atoms with Crippen molar-refractivity contribution in [3.63, 3.8) is 0 Å². The third kappa shape index (κ3) is 5.98. The molecule has 3 heterocycles. The van der Waals surface area contributed by atoms with Crippen molar-refractivity contribution in [1.82, 2.24) is 14.8 Å². The third-order valence-corrected chi connectivity index (χ3v) is 8.33. The first kappa shape index (κ1) is 26.1. The summed E-state index contributed by atoms with van der Waals surface area (Å²) in [4.78, 5) is 21.9. The molecule has 9 nitrogen and oxygen atoms in total. The highest BCUT2D eigenvalue weighted by atomic mass is 32.2. The van der Waals surface area contributed by atoms with E-state index < -0.39 is 10.0 Å². The van der Waals surface area contributed by atoms with Crippen molar-refractivity contribution in [3.05, 3.63) is 71.9 Å². The lowest BCUT2D eigenvalue weighted by molar-refractivity contribution is 0.0644. The Kier molecular flexibility index (Phi) is 7.64. The molecule has 0 unspecified atom stereocenters. The number of likely N-dealkylation sites (tertiary alicyclic amines) is 2. The van der Waals surface area contributed by atoms with Gasteiger partial charge in [0.2, 0.25) is 10.0 Å². The van der Waals surface area contributed by atoms with Crippen molar-refractivity contribution in [2.45, 2.75) is 43.2 Å². The molecule has 0 aliphatic carbocycles. The van der Waals surface area contributed by atoms with E-state index in [9.17, 15) is 13.2 Å². The summed E-state index contributed by atoms with van der Waals surface area (Å²) in [5.41, 5.74) is 9.16. The third-order valence-electron chi connectivity index (χ3n) is 7.40. The first-order valence-electron chi connectivity index (χ1n) is 12.9. The summed E-state index contributed by atoms with van der Waals surface area (Å²) < 4.78 is 28.7. The van der Waals surface area contributed by atoms with E-state index in [1.807, 2.05) is 29.2 Å². The molecule has 2 aliphatic rings. The van der Waals surface area contributed by atoms with E-state index in [1.165, 1.54) is 38.1 Å². The molecule has 0 bridgehead atoms. The fraction of sp³-hybridized carbons (Fsp3) is 0.357. The number of rotatable bonds is 7. The van der Waals surface area contributed by atoms with E-state index >= 15 is 0 Å². The van der Waals surface area contributed by atoms with Crippen LogP contribution in [0.3, 0.4) is 0 Å². The quantitative estimate of drug-likeness (QED) is 0.475. The normalized spacial score (nSPS) is 17.0. The number of benzene rings is 2. The maximum atomic E-state index is 13.1. The fourth-order valence-electron chi connectivity index (χ4n) is 5.19. The molecule has 38 heavy (non-hydrogen) atoms. The second-order valence-electron chi connectivity index (χ2n) is 9.93. The second kappa shape index (κ2) is 11.1. The maximum absolute atomic E-state index is 13.1. The van der Waals surface area contributed by atoms with E-state index in [1.54, 1.807) is 24.4 Å². The molecule has 2 saturated heterocycles. The van der Waals surface area contributed by atoms with Gasteiger partial charge in [0.25, 0.3) is 5.91 Å². The molecular formula is C28H33N5O4S. The lowest BCUT2D eigenvalue weighted by Crippen LogP contribution is -2.45. The zero-order valence-electron chi connectivity index (χ0n) is 21.3. The lowest BCUT2D eigenvalue weighted by atomic mass is 10.0. The van der Waals surface area contributed by atoms with Gasteiger partial charge < -0.3 is 20.3 Å². The van der Waals surface area contributed by atoms with Crippen LogP contribution < -0.4 is 15.6 Å². The van der Waals surface area contributed by atoms with Crippen molar-refractivity contribution in [2.24, 2.45) is 5.14 Å². The Morgan fingerprint density at radius 2 is 1.61 bits per heavy atom. The Morgan fingerprint density at radius 1 is 0.947 bits per heavy atom. The van der Waals surface area contributed by atoms with Crippen molar-refractivity contribution >= 4 is 21.7 Å². The van der Waals surface area contributed by atoms with Crippen LogP contribution in [0, 0.1) is 0 Å². The summed E-state index contributed by atoms with van der Waals surface area (Å²) in [7, 11) is -3.75. The van der Waals surface area contributed by atoms with Gasteiger partial charge in [-0.25, -0.2) is 18.5 Å². The van der Waals surface area contributed by atoms with Crippen LogP contribution in [0.5, 0.6) is 5.75 Å². The average molecular weight is 536 g/mol. The number of primary sulfonamides is 1. The maximum Gasteiger partial charge on any atom is 0.253 e. The van der Waals surface area contributed by atoms with Crippen molar-refractivity contribution in [3.8, 4) is 16.9 Å². The van der Waals surface area contributed by atoms with Gasteiger partial charge in [0.05, 0.1) is 4.90 Å². The molecule has 2 aliphatic heterocycles. The van der Waals surface area contributed by atoms with Gasteiger partial charge in [-0.2, -0.15) is 0 Å². The van der Waals surface area contributed by atoms with E-state index in [-0.39, 0.29) is 23.2 Å². The highest BCUT2D eigenvalue weighted by Gasteiger charge is 2.28. The minimum atomic E-state index is -3.75. The Labute approximate surface area is 223 Å². The van der Waals surface area contributed by atoms with E-state index in [4.69, 9.17) is 15.6 Å². The average Bonchev–Trinajstić information content (AvgIpc) is 3.47. The summed E-state index contributed by atoms with van der Waals surface area (Å²) in [5, 5.41) is 5.15. The number of nitrogens with zero attached hydrogens (tertiary/aromatic N) is 3. The monoisotopic (exact) mass is 535 g/mol. The smallest absolute Gasteiger partial charge is 0.253 e. The zero-order valence-corrected chi connectivity index (χ0v) is 22.1. The number of piperidine rings is 1. The molecular weight excluding hydrogens is 502 g/mol. The summed E-state index contributed by atoms with van der Waals surface area (Å²) >= 11 is 0. The molecule has 10 heteroatoms. The van der Waals surface area contributed by atoms with Gasteiger partial charge >= 0.3 is 0 Å². The standard InChI is InChI=1S/C28H33N5O4S/c29-27-26(37-19-20-3-9-25(10-4-20)38(30,35)36)17-23(18-31-27)21-5-7-22(8-6-21)28(34)33-15-11-24(12-16-33)32-13-1-2-14-32/h3-10,17-18,24H,1-2,11-16,19H2,(H2,29,31)(H2,30,35,36). The van der Waals surface area contributed by atoms with Gasteiger partial charge in [-0.1, -0.05) is 24.3 Å². The van der Waals surface area contributed by atoms with E-state index in [2.05, 4.69) is 9.88 Å². The molecule has 4 N–H and O–H groups in total. The molecule has 1 amide bonds. The molecule has 0 spiro atoms. The number of nitrogens with two attached hydrogens (primary N) is 2. The summed E-state index contributed by atoms with van der Waals surface area (Å²) in [6.45, 7) is 4.18. The molecule has 2 aromatic carbocycles. The highest BCUT2D eigenvalue weighted by Crippen LogP contribution is 2.29. The number of amides is 1. The van der Waals surface area contributed by atoms with Crippen LogP contribution in [0.25, 0.3) is 11.1 Å². The zero-order chi connectivity index (χ0) is 26.7. The van der Waals surface area contributed by atoms with Crippen LogP contribution in [0.15, 0.2) is 65.7 Å². The fourth-order valence-corrected chi connectivity index (χ4v) is 5.71. The number of aromatic nitrogens is 1. The Balaban J connectivity index is 1.21. The Morgan fingerprint density at radius 3 is 2.24 bits per heavy atom. The van der Waals surface area contributed by atoms with Crippen LogP contribution in [0.1, 0.15) is 41.6 Å². The summed E-state index contributed by atoms with van der Waals surface area (Å²) in [6.07, 6.45) is 6.34. The molecule has 5 rings (SSSR count). The minimum absolute atomic E-state index is 0.0397. The number of hydrogen-bond acceptors (Lipinski definition) is 7. The minimum Gasteiger partial charge on any atom is -0.485 e. The predicted molar refractivity (Wildman–Crippen MR) is 146 cm³/mol. The van der Waals surface area contributed by atoms with Crippen molar-refractivity contribution in [2.75, 3.05) is 31.9 Å². The van der Waals surface area contributed by atoms with Crippen LogP contribution in [-0.4, -0.2) is 61.3 Å². The first-order chi connectivity index (χ1) is 18.3. The number of pyridine rings is 1. The van der Waals surface area contributed by atoms with Gasteiger partial charge in [-0.3, -0.25) is 4.79 Å². The molecule has 0 radical (unpaired) electrons. The Hall–Kier alpha value is -3.47. The summed E-state index contributed by atoms with van der Waals surface area (Å²) in [6, 6.07) is 16.1. The summed E-state index contributed by atoms with van der Waals surface area (Å²) in [5.74, 6) is 0.738. The van der Waals surface area contributed by atoms with Gasteiger partial charge in [0.15, 0.2) is 11.6 Å². The topological polar surface area (TPSA) is 132 Å². The van der Waals surface area contributed by atoms with Gasteiger partial charge in [-0.15, -0.1) is 0 Å². The molecule has 0 atom stereocenters. The highest BCUT2D eigenvalue weighted by molar-refractivity contribution is 7.89. The number of ether oxygens (including phenoxy) is 1. The number of anilines is 1. The van der Waals surface area contributed by atoms with Crippen LogP contribution in [-0.2, 0) is 16.6 Å². The number of hydrogen-bond donors (Lipinski definition) is 2. The van der Waals surface area contributed by atoms with Gasteiger partial charge in [0, 0.05) is 36.5 Å². The number of sulfonamides is 1. The largest absolute Gasteiger partial charge is 0.485 e. The van der Waals surface area contributed by atoms with E-state index in [0.29, 0.717) is 17.4 Å². The number of nitrogen functional groups attached to an aromatic ring is 1. The molecule has 0 saturated carbocycles. The van der Waals surface area contributed by atoms with Crippen LogP contribution in [0.4, 0.5) is 5.82 Å². The molecule has 200 valence electrons. The number of carbonyl (C=O) groups excluding carboxylic acids is 1. The van der Waals surface area contributed by atoms with Crippen molar-refractivity contribution in [1.29, 1.82) is 0 Å². The molecule has 1 aromatic heterocycles. The SMILES string of the molecule is Nc1ncc(-c2ccc(C(=O)N3CCC(N4CCCC4)CC3)cc2)cc1OCc1ccc(S(N)(=O)=O)cc1. The van der Waals surface area contributed by atoms with Gasteiger partial charge in [0.1, 0.15) is 6.61 Å². The van der Waals surface area contributed by atoms with Crippen molar-refractivity contribution < 1.29 is 17.9 Å². The van der Waals surface area contributed by atoms with Crippen LogP contribution >= 0.6 is 0 Å². The molecule has 3 aromatic rings. The number of carbonyl (C=O) groups is 1. The first-order valence-corrected chi connectivity index (χ1v) is 14.5. The Bertz CT molecular complexity index is 1380. The molecule has 2 fully saturated rings. The van der Waals surface area contributed by atoms with Gasteiger partial charge in [-0.05, 0) is 80.2 Å². The second-order valence-corrected chi connectivity index (χ2v) is 11.5.